The normalized spacial score (nSPS) is 14.0. The summed E-state index contributed by atoms with van der Waals surface area (Å²) in [5, 5.41) is 8.91. The fourth-order valence-electron chi connectivity index (χ4n) is 3.34. The smallest absolute Gasteiger partial charge is 0.232 e. The molecule has 0 atom stereocenters. The molecule has 2 N–H and O–H groups in total. The number of benzene rings is 1. The van der Waals surface area contributed by atoms with Crippen molar-refractivity contribution in [1.29, 1.82) is 0 Å². The Bertz CT molecular complexity index is 1030. The SMILES string of the molecule is S=C(NCc1ccc(Cl)cc1)Nc1nc(Sc2ncccn2)cc(N2CCCCCC2)n1. The van der Waals surface area contributed by atoms with E-state index in [4.69, 9.17) is 28.8 Å². The standard InChI is InChI=1S/C22H24ClN7S2/c23-17-8-6-16(7-9-17)15-26-21(31)29-20-27-18(30-12-3-1-2-4-13-30)14-19(28-20)32-22-24-10-5-11-25-22/h5-11,14H,1-4,12-13,15H2,(H2,26,27,28,29,31). The molecule has 3 heterocycles. The second kappa shape index (κ2) is 11.4. The monoisotopic (exact) mass is 485 g/mol. The van der Waals surface area contributed by atoms with Crippen LogP contribution in [0.3, 0.4) is 0 Å². The van der Waals surface area contributed by atoms with E-state index in [1.54, 1.807) is 18.5 Å². The van der Waals surface area contributed by atoms with Crippen LogP contribution in [0.25, 0.3) is 0 Å². The number of aromatic nitrogens is 4. The Morgan fingerprint density at radius 1 is 1.03 bits per heavy atom. The van der Waals surface area contributed by atoms with Crippen LogP contribution in [0.1, 0.15) is 31.2 Å². The number of nitrogens with one attached hydrogen (secondary N) is 2. The molecule has 7 nitrogen and oxygen atoms in total. The third-order valence-electron chi connectivity index (χ3n) is 4.95. The van der Waals surface area contributed by atoms with Crippen molar-refractivity contribution in [3.8, 4) is 0 Å². The number of nitrogens with zero attached hydrogens (tertiary/aromatic N) is 5. The molecule has 4 rings (SSSR count). The molecule has 0 amide bonds. The number of anilines is 2. The minimum atomic E-state index is 0.457. The Morgan fingerprint density at radius 2 is 1.75 bits per heavy atom. The molecule has 0 saturated carbocycles. The van der Waals surface area contributed by atoms with Crippen LogP contribution in [0.5, 0.6) is 0 Å². The van der Waals surface area contributed by atoms with Crippen LogP contribution in [0.15, 0.2) is 59.0 Å². The lowest BCUT2D eigenvalue weighted by Crippen LogP contribution is -2.30. The molecule has 0 aliphatic carbocycles. The van der Waals surface area contributed by atoms with Gasteiger partial charge in [-0.2, -0.15) is 4.98 Å². The molecular weight excluding hydrogens is 462 g/mol. The minimum absolute atomic E-state index is 0.457. The van der Waals surface area contributed by atoms with Gasteiger partial charge in [-0.1, -0.05) is 36.6 Å². The first-order chi connectivity index (χ1) is 15.7. The topological polar surface area (TPSA) is 78.9 Å². The molecule has 0 bridgehead atoms. The molecule has 10 heteroatoms. The zero-order valence-corrected chi connectivity index (χ0v) is 19.9. The second-order valence-electron chi connectivity index (χ2n) is 7.36. The molecule has 1 saturated heterocycles. The Kier molecular flexibility index (Phi) is 8.08. The fourth-order valence-corrected chi connectivity index (χ4v) is 4.34. The van der Waals surface area contributed by atoms with Gasteiger partial charge in [0.15, 0.2) is 10.3 Å². The van der Waals surface area contributed by atoms with Gasteiger partial charge in [0.2, 0.25) is 5.95 Å². The Labute approximate surface area is 202 Å². The Hall–Kier alpha value is -2.49. The van der Waals surface area contributed by atoms with Gasteiger partial charge in [-0.05, 0) is 60.6 Å². The molecule has 1 aromatic carbocycles. The third-order valence-corrected chi connectivity index (χ3v) is 6.26. The van der Waals surface area contributed by atoms with Gasteiger partial charge in [-0.15, -0.1) is 0 Å². The summed E-state index contributed by atoms with van der Waals surface area (Å²) in [7, 11) is 0. The van der Waals surface area contributed by atoms with Crippen molar-refractivity contribution < 1.29 is 0 Å². The van der Waals surface area contributed by atoms with Crippen LogP contribution < -0.4 is 15.5 Å². The van der Waals surface area contributed by atoms with E-state index >= 15 is 0 Å². The number of hydrogen-bond acceptors (Lipinski definition) is 7. The van der Waals surface area contributed by atoms with Crippen LogP contribution in [-0.2, 0) is 6.54 Å². The maximum atomic E-state index is 5.95. The van der Waals surface area contributed by atoms with E-state index in [9.17, 15) is 0 Å². The van der Waals surface area contributed by atoms with Crippen LogP contribution >= 0.6 is 35.6 Å². The summed E-state index contributed by atoms with van der Waals surface area (Å²) in [5.74, 6) is 1.35. The molecule has 3 aromatic rings. The highest BCUT2D eigenvalue weighted by molar-refractivity contribution is 7.99. The summed E-state index contributed by atoms with van der Waals surface area (Å²) in [6.07, 6.45) is 8.29. The van der Waals surface area contributed by atoms with E-state index in [0.717, 1.165) is 42.3 Å². The summed E-state index contributed by atoms with van der Waals surface area (Å²) >= 11 is 12.8. The highest BCUT2D eigenvalue weighted by Crippen LogP contribution is 2.28. The predicted molar refractivity (Wildman–Crippen MR) is 133 cm³/mol. The minimum Gasteiger partial charge on any atom is -0.358 e. The lowest BCUT2D eigenvalue weighted by Gasteiger charge is -2.22. The van der Waals surface area contributed by atoms with Crippen molar-refractivity contribution in [3.05, 3.63) is 59.4 Å². The zero-order chi connectivity index (χ0) is 22.2. The first-order valence-corrected chi connectivity index (χ1v) is 12.1. The van der Waals surface area contributed by atoms with Gasteiger partial charge in [0.05, 0.1) is 0 Å². The highest BCUT2D eigenvalue weighted by atomic mass is 35.5. The summed E-state index contributed by atoms with van der Waals surface area (Å²) in [5.41, 5.74) is 1.08. The largest absolute Gasteiger partial charge is 0.358 e. The van der Waals surface area contributed by atoms with Gasteiger partial charge >= 0.3 is 0 Å². The summed E-state index contributed by atoms with van der Waals surface area (Å²) in [6, 6.07) is 11.4. The van der Waals surface area contributed by atoms with E-state index < -0.39 is 0 Å². The first-order valence-electron chi connectivity index (χ1n) is 10.5. The van der Waals surface area contributed by atoms with E-state index in [2.05, 4.69) is 30.5 Å². The second-order valence-corrected chi connectivity index (χ2v) is 9.19. The van der Waals surface area contributed by atoms with E-state index in [0.29, 0.717) is 27.8 Å². The van der Waals surface area contributed by atoms with Crippen molar-refractivity contribution in [2.24, 2.45) is 0 Å². The van der Waals surface area contributed by atoms with Gasteiger partial charge in [0.25, 0.3) is 0 Å². The van der Waals surface area contributed by atoms with E-state index in [1.165, 1.54) is 24.6 Å². The van der Waals surface area contributed by atoms with Crippen molar-refractivity contribution in [2.75, 3.05) is 23.3 Å². The third kappa shape index (κ3) is 6.75. The number of hydrogen-bond donors (Lipinski definition) is 2. The highest BCUT2D eigenvalue weighted by Gasteiger charge is 2.15. The van der Waals surface area contributed by atoms with Crippen LogP contribution in [0.4, 0.5) is 11.8 Å². The predicted octanol–water partition coefficient (Wildman–Crippen LogP) is 4.94. The molecule has 0 unspecified atom stereocenters. The lowest BCUT2D eigenvalue weighted by molar-refractivity contribution is 0.726. The van der Waals surface area contributed by atoms with E-state index in [1.807, 2.05) is 30.3 Å². The van der Waals surface area contributed by atoms with Gasteiger partial charge in [0.1, 0.15) is 10.8 Å². The Balaban J connectivity index is 1.49. The van der Waals surface area contributed by atoms with Gasteiger partial charge in [-0.3, -0.25) is 0 Å². The molecular formula is C22H24ClN7S2. The van der Waals surface area contributed by atoms with E-state index in [-0.39, 0.29) is 0 Å². The molecule has 166 valence electrons. The molecule has 1 fully saturated rings. The van der Waals surface area contributed by atoms with Crippen molar-refractivity contribution >= 4 is 52.5 Å². The van der Waals surface area contributed by atoms with Crippen LogP contribution in [0, 0.1) is 0 Å². The maximum absolute atomic E-state index is 5.95. The lowest BCUT2D eigenvalue weighted by atomic mass is 10.2. The molecule has 2 aromatic heterocycles. The number of halogens is 1. The molecule has 1 aliphatic heterocycles. The maximum Gasteiger partial charge on any atom is 0.232 e. The Morgan fingerprint density at radius 3 is 2.47 bits per heavy atom. The zero-order valence-electron chi connectivity index (χ0n) is 17.5. The number of rotatable bonds is 6. The average Bonchev–Trinajstić information content (AvgIpc) is 3.09. The summed E-state index contributed by atoms with van der Waals surface area (Å²) in [6.45, 7) is 2.55. The van der Waals surface area contributed by atoms with Crippen LogP contribution in [0.2, 0.25) is 5.02 Å². The van der Waals surface area contributed by atoms with Crippen molar-refractivity contribution in [2.45, 2.75) is 42.4 Å². The first kappa shape index (κ1) is 22.7. The molecule has 1 aliphatic rings. The molecule has 0 spiro atoms. The fraction of sp³-hybridized carbons (Fsp3) is 0.318. The van der Waals surface area contributed by atoms with Crippen molar-refractivity contribution in [1.82, 2.24) is 25.3 Å². The van der Waals surface area contributed by atoms with Crippen LogP contribution in [-0.4, -0.2) is 38.1 Å². The van der Waals surface area contributed by atoms with Gasteiger partial charge in [-0.25, -0.2) is 15.0 Å². The van der Waals surface area contributed by atoms with Gasteiger partial charge < -0.3 is 15.5 Å². The molecule has 0 radical (unpaired) electrons. The number of thiocarbonyl (C=S) groups is 1. The van der Waals surface area contributed by atoms with Crippen molar-refractivity contribution in [3.63, 3.8) is 0 Å². The summed E-state index contributed by atoms with van der Waals surface area (Å²) in [4.78, 5) is 20.3. The quantitative estimate of drug-likeness (QED) is 0.286. The van der Waals surface area contributed by atoms with Gasteiger partial charge in [0, 0.05) is 43.1 Å². The average molecular weight is 486 g/mol. The summed E-state index contributed by atoms with van der Waals surface area (Å²) < 4.78 is 0. The molecule has 32 heavy (non-hydrogen) atoms.